The van der Waals surface area contributed by atoms with Gasteiger partial charge in [0.25, 0.3) is 5.91 Å². The molecular weight excluding hydrogens is 397 g/mol. The largest absolute Gasteiger partial charge is 0.365 e. The van der Waals surface area contributed by atoms with Gasteiger partial charge in [0.15, 0.2) is 5.69 Å². The summed E-state index contributed by atoms with van der Waals surface area (Å²) in [5.74, 6) is -1.21. The van der Waals surface area contributed by atoms with E-state index in [0.717, 1.165) is 5.56 Å². The Hall–Kier alpha value is -3.99. The minimum Gasteiger partial charge on any atom is -0.365 e. The highest BCUT2D eigenvalue weighted by Gasteiger charge is 2.32. The lowest BCUT2D eigenvalue weighted by molar-refractivity contribution is -0.132. The fraction of sp³-hybridized carbons (Fsp3) is 0.217. The lowest BCUT2D eigenvalue weighted by Crippen LogP contribution is -2.41. The number of amides is 2. The quantitative estimate of drug-likeness (QED) is 0.660. The molecule has 2 N–H and O–H groups in total. The molecule has 4 rings (SSSR count). The van der Waals surface area contributed by atoms with Crippen LogP contribution in [0.1, 0.15) is 34.6 Å². The van der Waals surface area contributed by atoms with Gasteiger partial charge in [-0.25, -0.2) is 9.24 Å². The monoisotopic (exact) mass is 417 g/mol. The Morgan fingerprint density at radius 3 is 2.65 bits per heavy atom. The average molecular weight is 417 g/mol. The van der Waals surface area contributed by atoms with Crippen molar-refractivity contribution < 1.29 is 14.0 Å². The van der Waals surface area contributed by atoms with E-state index in [1.54, 1.807) is 46.0 Å². The molecule has 0 radical (unpaired) electrons. The minimum atomic E-state index is -0.670. The van der Waals surface area contributed by atoms with E-state index in [9.17, 15) is 14.0 Å². The molecule has 8 heteroatoms. The molecule has 0 fully saturated rings. The predicted octanol–water partition coefficient (Wildman–Crippen LogP) is 3.48. The van der Waals surface area contributed by atoms with Crippen LogP contribution in [0.25, 0.3) is 16.1 Å². The standard InChI is InChI=1S/C23H20FN5O2/c1-14-12-28(20(30)10-15-6-8-18(26-2)9-7-15)13-19-21(23(25)31)22(27-29(14)19)16-4-3-5-17(24)11-16/h3-9,11,14H,10,12-13H2,1H3,(H2,25,31). The van der Waals surface area contributed by atoms with Crippen LogP contribution in [0.15, 0.2) is 48.5 Å². The first kappa shape index (κ1) is 20.3. The maximum atomic E-state index is 13.7. The summed E-state index contributed by atoms with van der Waals surface area (Å²) in [5, 5.41) is 4.54. The van der Waals surface area contributed by atoms with Crippen molar-refractivity contribution in [3.8, 4) is 11.3 Å². The van der Waals surface area contributed by atoms with E-state index < -0.39 is 11.7 Å². The number of carbonyl (C=O) groups is 2. The number of halogens is 1. The van der Waals surface area contributed by atoms with Crippen LogP contribution in [0.5, 0.6) is 0 Å². The van der Waals surface area contributed by atoms with Gasteiger partial charge in [0, 0.05) is 12.1 Å². The Labute approximate surface area is 178 Å². The van der Waals surface area contributed by atoms with Crippen LogP contribution in [-0.4, -0.2) is 33.0 Å². The molecular formula is C23H20FN5O2. The van der Waals surface area contributed by atoms with Crippen molar-refractivity contribution in [2.24, 2.45) is 5.73 Å². The Kier molecular flexibility index (Phi) is 5.26. The highest BCUT2D eigenvalue weighted by molar-refractivity contribution is 6.00. The third-order valence-electron chi connectivity index (χ3n) is 5.37. The van der Waals surface area contributed by atoms with Crippen molar-refractivity contribution in [3.05, 3.63) is 82.6 Å². The topological polar surface area (TPSA) is 85.6 Å². The first-order chi connectivity index (χ1) is 14.9. The number of hydrogen-bond donors (Lipinski definition) is 1. The van der Waals surface area contributed by atoms with Gasteiger partial charge in [-0.3, -0.25) is 14.3 Å². The van der Waals surface area contributed by atoms with Gasteiger partial charge in [-0.05, 0) is 24.6 Å². The van der Waals surface area contributed by atoms with E-state index in [-0.39, 0.29) is 30.5 Å². The van der Waals surface area contributed by atoms with E-state index in [4.69, 9.17) is 12.3 Å². The molecule has 2 heterocycles. The van der Waals surface area contributed by atoms with E-state index in [2.05, 4.69) is 9.94 Å². The minimum absolute atomic E-state index is 0.0995. The number of nitrogens with zero attached hydrogens (tertiary/aromatic N) is 4. The fourth-order valence-corrected chi connectivity index (χ4v) is 3.89. The molecule has 1 unspecified atom stereocenters. The number of aromatic nitrogens is 2. The number of hydrogen-bond acceptors (Lipinski definition) is 3. The van der Waals surface area contributed by atoms with Crippen LogP contribution in [0.3, 0.4) is 0 Å². The van der Waals surface area contributed by atoms with E-state index in [1.165, 1.54) is 12.1 Å². The summed E-state index contributed by atoms with van der Waals surface area (Å²) >= 11 is 0. The number of rotatable bonds is 4. The average Bonchev–Trinajstić information content (AvgIpc) is 3.15. The summed E-state index contributed by atoms with van der Waals surface area (Å²) in [5.41, 5.74) is 8.51. The summed E-state index contributed by atoms with van der Waals surface area (Å²) in [6.45, 7) is 9.53. The van der Waals surface area contributed by atoms with Crippen LogP contribution in [0.4, 0.5) is 10.1 Å². The molecule has 3 aromatic rings. The molecule has 156 valence electrons. The third kappa shape index (κ3) is 3.90. The molecule has 31 heavy (non-hydrogen) atoms. The maximum Gasteiger partial charge on any atom is 0.252 e. The Morgan fingerprint density at radius 1 is 1.26 bits per heavy atom. The molecule has 1 aliphatic rings. The lowest BCUT2D eigenvalue weighted by Gasteiger charge is -2.32. The summed E-state index contributed by atoms with van der Waals surface area (Å²) in [7, 11) is 0. The molecule has 0 bridgehead atoms. The molecule has 1 atom stereocenters. The maximum absolute atomic E-state index is 13.7. The van der Waals surface area contributed by atoms with Crippen LogP contribution in [-0.2, 0) is 17.8 Å². The fourth-order valence-electron chi connectivity index (χ4n) is 3.89. The number of benzene rings is 2. The van der Waals surface area contributed by atoms with Gasteiger partial charge >= 0.3 is 0 Å². The normalized spacial score (nSPS) is 15.3. The number of primary amides is 1. The first-order valence-corrected chi connectivity index (χ1v) is 9.78. The molecule has 2 amide bonds. The lowest BCUT2D eigenvalue weighted by atomic mass is 10.0. The van der Waals surface area contributed by atoms with Gasteiger partial charge in [0.2, 0.25) is 5.91 Å². The smallest absolute Gasteiger partial charge is 0.252 e. The molecule has 2 aromatic carbocycles. The zero-order chi connectivity index (χ0) is 22.1. The van der Waals surface area contributed by atoms with E-state index in [0.29, 0.717) is 29.2 Å². The summed E-state index contributed by atoms with van der Waals surface area (Å²) < 4.78 is 15.5. The zero-order valence-electron chi connectivity index (χ0n) is 16.9. The second-order valence-electron chi connectivity index (χ2n) is 7.57. The Balaban J connectivity index is 1.65. The van der Waals surface area contributed by atoms with Crippen molar-refractivity contribution in [1.29, 1.82) is 0 Å². The summed E-state index contributed by atoms with van der Waals surface area (Å²) in [6.07, 6.45) is 0.182. The molecule has 0 saturated heterocycles. The van der Waals surface area contributed by atoms with Crippen molar-refractivity contribution >= 4 is 17.5 Å². The number of nitrogens with two attached hydrogens (primary N) is 1. The van der Waals surface area contributed by atoms with Crippen molar-refractivity contribution in [2.75, 3.05) is 6.54 Å². The number of fused-ring (bicyclic) bond motifs is 1. The molecule has 1 aromatic heterocycles. The number of carbonyl (C=O) groups excluding carboxylic acids is 2. The van der Waals surface area contributed by atoms with Gasteiger partial charge in [0.05, 0.1) is 36.8 Å². The Morgan fingerprint density at radius 2 is 2.00 bits per heavy atom. The van der Waals surface area contributed by atoms with E-state index in [1.807, 2.05) is 6.92 Å². The van der Waals surface area contributed by atoms with Gasteiger partial charge in [-0.1, -0.05) is 36.4 Å². The highest BCUT2D eigenvalue weighted by Crippen LogP contribution is 2.32. The molecule has 1 aliphatic heterocycles. The molecule has 0 spiro atoms. The van der Waals surface area contributed by atoms with Crippen LogP contribution >= 0.6 is 0 Å². The molecule has 0 aliphatic carbocycles. The van der Waals surface area contributed by atoms with E-state index >= 15 is 0 Å². The van der Waals surface area contributed by atoms with Crippen LogP contribution in [0, 0.1) is 12.4 Å². The summed E-state index contributed by atoms with van der Waals surface area (Å²) in [6, 6.07) is 12.5. The second kappa shape index (κ2) is 8.03. The van der Waals surface area contributed by atoms with Crippen LogP contribution < -0.4 is 5.73 Å². The van der Waals surface area contributed by atoms with Crippen LogP contribution in [0.2, 0.25) is 0 Å². The van der Waals surface area contributed by atoms with Gasteiger partial charge in [-0.15, -0.1) is 0 Å². The van der Waals surface area contributed by atoms with Crippen molar-refractivity contribution in [2.45, 2.75) is 25.9 Å². The van der Waals surface area contributed by atoms with Gasteiger partial charge < -0.3 is 10.6 Å². The highest BCUT2D eigenvalue weighted by atomic mass is 19.1. The van der Waals surface area contributed by atoms with Gasteiger partial charge in [0.1, 0.15) is 11.5 Å². The first-order valence-electron chi connectivity index (χ1n) is 9.78. The molecule has 0 saturated carbocycles. The van der Waals surface area contributed by atoms with Crippen molar-refractivity contribution in [3.63, 3.8) is 0 Å². The third-order valence-corrected chi connectivity index (χ3v) is 5.37. The van der Waals surface area contributed by atoms with Crippen molar-refractivity contribution in [1.82, 2.24) is 14.7 Å². The molecule has 7 nitrogen and oxygen atoms in total. The summed E-state index contributed by atoms with van der Waals surface area (Å²) in [4.78, 5) is 30.3. The van der Waals surface area contributed by atoms with Gasteiger partial charge in [-0.2, -0.15) is 5.10 Å². The second-order valence-corrected chi connectivity index (χ2v) is 7.57. The zero-order valence-corrected chi connectivity index (χ0v) is 16.9. The Bertz CT molecular complexity index is 1210. The predicted molar refractivity (Wildman–Crippen MR) is 113 cm³/mol. The SMILES string of the molecule is [C-]#[N+]c1ccc(CC(=O)N2Cc3c(C(N)=O)c(-c4cccc(F)c4)nn3C(C)C2)cc1.